The van der Waals surface area contributed by atoms with Crippen molar-refractivity contribution in [3.05, 3.63) is 63.1 Å². The maximum atomic E-state index is 13.4. The summed E-state index contributed by atoms with van der Waals surface area (Å²) in [6.07, 6.45) is 3.04. The Morgan fingerprint density at radius 3 is 2.50 bits per heavy atom. The first-order chi connectivity index (χ1) is 17.2. The molecular formula is C25H29Cl3N2O5S. The molecule has 2 saturated heterocycles. The fourth-order valence-corrected chi connectivity index (χ4v) is 6.60. The number of hydrogen-bond donors (Lipinski definition) is 0. The molecule has 1 amide bonds. The van der Waals surface area contributed by atoms with Crippen LogP contribution in [-0.4, -0.2) is 68.5 Å². The summed E-state index contributed by atoms with van der Waals surface area (Å²) in [5.74, 6) is 0.217. The zero-order valence-electron chi connectivity index (χ0n) is 19.8. The first-order valence-electron chi connectivity index (χ1n) is 11.9. The van der Waals surface area contributed by atoms with Crippen molar-refractivity contribution in [2.24, 2.45) is 0 Å². The zero-order valence-corrected chi connectivity index (χ0v) is 22.9. The normalized spacial score (nSPS) is 21.4. The molecule has 11 heteroatoms. The van der Waals surface area contributed by atoms with Crippen molar-refractivity contribution in [3.8, 4) is 5.75 Å². The highest BCUT2D eigenvalue weighted by molar-refractivity contribution is 7.88. The van der Waals surface area contributed by atoms with Crippen LogP contribution < -0.4 is 4.74 Å². The molecule has 2 aliphatic heterocycles. The number of carbonyl (C=O) groups excluding carboxylic acids is 1. The minimum atomic E-state index is -3.74. The van der Waals surface area contributed by atoms with Gasteiger partial charge in [-0.2, -0.15) is 4.31 Å². The summed E-state index contributed by atoms with van der Waals surface area (Å²) in [5, 5.41) is 1.17. The molecule has 2 aromatic rings. The standard InChI is InChI=1S/C25H29Cl3N2O5S/c26-20-5-4-6-21(14-20)34-18-25(15-24(31)29-9-2-1-3-10-29)17-30(11-12-35-25)36(32,33)16-19-7-8-22(27)23(28)13-19/h4-8,13-14H,1-3,9-12,15-18H2/t25-/m0/s1. The van der Waals surface area contributed by atoms with Gasteiger partial charge in [-0.1, -0.05) is 46.9 Å². The Bertz CT molecular complexity index is 1190. The van der Waals surface area contributed by atoms with E-state index in [9.17, 15) is 13.2 Å². The molecule has 0 unspecified atom stereocenters. The van der Waals surface area contributed by atoms with Crippen LogP contribution in [0.3, 0.4) is 0 Å². The topological polar surface area (TPSA) is 76.1 Å². The summed E-state index contributed by atoms with van der Waals surface area (Å²) >= 11 is 18.2. The molecule has 1 atom stereocenters. The van der Waals surface area contributed by atoms with Gasteiger partial charge in [0.15, 0.2) is 0 Å². The number of sulfonamides is 1. The largest absolute Gasteiger partial charge is 0.490 e. The maximum absolute atomic E-state index is 13.4. The molecule has 196 valence electrons. The molecule has 2 heterocycles. The third-order valence-corrected chi connectivity index (χ3v) is 9.19. The maximum Gasteiger partial charge on any atom is 0.225 e. The first-order valence-corrected chi connectivity index (χ1v) is 14.6. The van der Waals surface area contributed by atoms with Crippen molar-refractivity contribution in [3.63, 3.8) is 0 Å². The number of benzene rings is 2. The minimum absolute atomic E-state index is 0.00317. The number of amides is 1. The Morgan fingerprint density at radius 2 is 1.78 bits per heavy atom. The SMILES string of the molecule is O=C(C[C@@]1(COc2cccc(Cl)c2)CN(S(=O)(=O)Cc2ccc(Cl)c(Cl)c2)CCO1)N1CCCCC1. The van der Waals surface area contributed by atoms with Gasteiger partial charge in [0.2, 0.25) is 15.9 Å². The van der Waals surface area contributed by atoms with Crippen LogP contribution in [0.15, 0.2) is 42.5 Å². The van der Waals surface area contributed by atoms with Gasteiger partial charge in [0, 0.05) is 31.2 Å². The van der Waals surface area contributed by atoms with E-state index in [1.165, 1.54) is 4.31 Å². The van der Waals surface area contributed by atoms with Gasteiger partial charge in [-0.25, -0.2) is 8.42 Å². The van der Waals surface area contributed by atoms with E-state index in [-0.39, 0.29) is 44.4 Å². The molecule has 0 saturated carbocycles. The van der Waals surface area contributed by atoms with Gasteiger partial charge in [0.1, 0.15) is 18.0 Å². The molecular weight excluding hydrogens is 547 g/mol. The summed E-state index contributed by atoms with van der Waals surface area (Å²) in [4.78, 5) is 15.1. The van der Waals surface area contributed by atoms with Crippen LogP contribution in [0.25, 0.3) is 0 Å². The summed E-state index contributed by atoms with van der Waals surface area (Å²) < 4.78 is 40.3. The number of halogens is 3. The van der Waals surface area contributed by atoms with E-state index in [1.807, 2.05) is 4.90 Å². The van der Waals surface area contributed by atoms with Crippen LogP contribution in [0.1, 0.15) is 31.2 Å². The molecule has 0 bridgehead atoms. The van der Waals surface area contributed by atoms with E-state index < -0.39 is 15.6 Å². The highest BCUT2D eigenvalue weighted by Gasteiger charge is 2.44. The lowest BCUT2D eigenvalue weighted by atomic mass is 9.97. The van der Waals surface area contributed by atoms with Gasteiger partial charge in [0.25, 0.3) is 0 Å². The van der Waals surface area contributed by atoms with Crippen LogP contribution in [0.5, 0.6) is 5.75 Å². The third kappa shape index (κ3) is 7.05. The Hall–Kier alpha value is -1.55. The average Bonchev–Trinajstić information content (AvgIpc) is 2.86. The van der Waals surface area contributed by atoms with Gasteiger partial charge in [-0.15, -0.1) is 0 Å². The van der Waals surface area contributed by atoms with E-state index in [4.69, 9.17) is 44.3 Å². The van der Waals surface area contributed by atoms with Crippen molar-refractivity contribution in [1.82, 2.24) is 9.21 Å². The van der Waals surface area contributed by atoms with Gasteiger partial charge in [0.05, 0.1) is 28.8 Å². The summed E-state index contributed by atoms with van der Waals surface area (Å²) in [6, 6.07) is 11.7. The fraction of sp³-hybridized carbons (Fsp3) is 0.480. The second-order valence-electron chi connectivity index (χ2n) is 9.23. The minimum Gasteiger partial charge on any atom is -0.490 e. The second-order valence-corrected chi connectivity index (χ2v) is 12.5. The van der Waals surface area contributed by atoms with Crippen molar-refractivity contribution in [2.75, 3.05) is 39.4 Å². The quantitative estimate of drug-likeness (QED) is 0.441. The van der Waals surface area contributed by atoms with Gasteiger partial charge < -0.3 is 14.4 Å². The molecule has 0 spiro atoms. The van der Waals surface area contributed by atoms with E-state index in [0.717, 1.165) is 19.3 Å². The molecule has 36 heavy (non-hydrogen) atoms. The van der Waals surface area contributed by atoms with Crippen LogP contribution >= 0.6 is 34.8 Å². The number of piperidine rings is 1. The zero-order chi connectivity index (χ0) is 25.8. The van der Waals surface area contributed by atoms with E-state index in [1.54, 1.807) is 42.5 Å². The predicted molar refractivity (Wildman–Crippen MR) is 141 cm³/mol. The first kappa shape index (κ1) is 27.5. The van der Waals surface area contributed by atoms with Gasteiger partial charge in [-0.05, 0) is 55.2 Å². The molecule has 2 aliphatic rings. The van der Waals surface area contributed by atoms with E-state index in [2.05, 4.69) is 0 Å². The third-order valence-electron chi connectivity index (χ3n) is 6.42. The average molecular weight is 576 g/mol. The Kier molecular flexibility index (Phi) is 9.07. The number of morpholine rings is 1. The van der Waals surface area contributed by atoms with Crippen LogP contribution in [-0.2, 0) is 25.3 Å². The Morgan fingerprint density at radius 1 is 1.00 bits per heavy atom. The lowest BCUT2D eigenvalue weighted by Crippen LogP contribution is -2.58. The van der Waals surface area contributed by atoms with Gasteiger partial charge in [-0.3, -0.25) is 4.79 Å². The van der Waals surface area contributed by atoms with E-state index >= 15 is 0 Å². The van der Waals surface area contributed by atoms with Crippen LogP contribution in [0, 0.1) is 0 Å². The van der Waals surface area contributed by atoms with Gasteiger partial charge >= 0.3 is 0 Å². The number of nitrogens with zero attached hydrogens (tertiary/aromatic N) is 2. The fourth-order valence-electron chi connectivity index (χ4n) is 4.53. The number of hydrogen-bond acceptors (Lipinski definition) is 5. The molecule has 0 aliphatic carbocycles. The Labute approximate surface area is 227 Å². The van der Waals surface area contributed by atoms with Crippen LogP contribution in [0.4, 0.5) is 0 Å². The number of ether oxygens (including phenoxy) is 2. The molecule has 7 nitrogen and oxygen atoms in total. The molecule has 0 aromatic heterocycles. The Balaban J connectivity index is 1.54. The second kappa shape index (κ2) is 11.9. The number of carbonyl (C=O) groups is 1. The predicted octanol–water partition coefficient (Wildman–Crippen LogP) is 5.03. The molecule has 2 aromatic carbocycles. The molecule has 2 fully saturated rings. The molecule has 0 N–H and O–H groups in total. The monoisotopic (exact) mass is 574 g/mol. The van der Waals surface area contributed by atoms with Crippen molar-refractivity contribution in [2.45, 2.75) is 37.0 Å². The number of rotatable bonds is 8. The van der Waals surface area contributed by atoms with Crippen molar-refractivity contribution >= 4 is 50.7 Å². The smallest absolute Gasteiger partial charge is 0.225 e. The lowest BCUT2D eigenvalue weighted by Gasteiger charge is -2.42. The molecule has 4 rings (SSSR count). The summed E-state index contributed by atoms with van der Waals surface area (Å²) in [6.45, 7) is 1.72. The number of likely N-dealkylation sites (tertiary alicyclic amines) is 1. The van der Waals surface area contributed by atoms with Crippen molar-refractivity contribution < 1.29 is 22.7 Å². The highest BCUT2D eigenvalue weighted by atomic mass is 35.5. The molecule has 0 radical (unpaired) electrons. The lowest BCUT2D eigenvalue weighted by molar-refractivity contribution is -0.151. The highest BCUT2D eigenvalue weighted by Crippen LogP contribution is 2.30. The van der Waals surface area contributed by atoms with E-state index in [0.29, 0.717) is 39.5 Å². The van der Waals surface area contributed by atoms with Crippen molar-refractivity contribution in [1.29, 1.82) is 0 Å². The van der Waals surface area contributed by atoms with Crippen LogP contribution in [0.2, 0.25) is 15.1 Å². The summed E-state index contributed by atoms with van der Waals surface area (Å²) in [5.41, 5.74) is -0.610. The summed E-state index contributed by atoms with van der Waals surface area (Å²) in [7, 11) is -3.74.